The summed E-state index contributed by atoms with van der Waals surface area (Å²) in [5, 5.41) is 48.6. The Kier molecular flexibility index (Phi) is 27.8. The molecule has 13 N–H and O–H groups in total. The SMILES string of the molecule is C=C(C)C(=O)NCCCNC(=O)C(CSOOO)NS(=O)(=O)c1ccc(OS(=O)(=O)c2cc(O)c3ccc4c(S(=O)(=O)NC(CS(=O)(=O)O)C(=O)NCCCNC(=O)C(=C)C)cc(S(=O)(=O)NC(CSOOO)C(=O)NCCCNC(=O)C(=C)C)c5ccc2c3c54)cc1. The fraction of sp³-hybridized carbons (Fsp3) is 0.346. The fourth-order valence-corrected chi connectivity index (χ4v) is 15.6. The van der Waals surface area contributed by atoms with Gasteiger partial charge in [-0.2, -0.15) is 31.0 Å². The highest BCUT2D eigenvalue weighted by Crippen LogP contribution is 2.45. The van der Waals surface area contributed by atoms with Crippen molar-refractivity contribution >= 4 is 142 Å². The zero-order chi connectivity index (χ0) is 69.2. The Morgan fingerprint density at radius 3 is 1.24 bits per heavy atom. The molecule has 0 saturated heterocycles. The van der Waals surface area contributed by atoms with E-state index in [4.69, 9.17) is 14.7 Å². The molecule has 3 unspecified atom stereocenters. The first-order valence-corrected chi connectivity index (χ1v) is 36.2. The van der Waals surface area contributed by atoms with Crippen molar-refractivity contribution in [1.29, 1.82) is 0 Å². The maximum atomic E-state index is 14.9. The summed E-state index contributed by atoms with van der Waals surface area (Å²) >= 11 is 0.541. The van der Waals surface area contributed by atoms with E-state index >= 15 is 0 Å². The number of rotatable bonds is 40. The topological polar surface area (TPSA) is 508 Å². The van der Waals surface area contributed by atoms with E-state index in [2.05, 4.69) is 79.8 Å². The fourth-order valence-electron chi connectivity index (χ4n) is 8.40. The lowest BCUT2D eigenvalue weighted by molar-refractivity contribution is -0.432. The number of sulfonamides is 3. The molecule has 0 fully saturated rings. The highest BCUT2D eigenvalue weighted by Gasteiger charge is 2.36. The minimum atomic E-state index is -5.50. The van der Waals surface area contributed by atoms with Crippen LogP contribution in [0.15, 0.2) is 117 Å². The summed E-state index contributed by atoms with van der Waals surface area (Å²) in [4.78, 5) is 72.7. The lowest BCUT2D eigenvalue weighted by atomic mass is 9.94. The predicted molar refractivity (Wildman–Crippen MR) is 336 cm³/mol. The summed E-state index contributed by atoms with van der Waals surface area (Å²) in [7, 11) is -26.0. The Hall–Kier alpha value is -7.17. The van der Waals surface area contributed by atoms with Gasteiger partial charge in [0.2, 0.25) is 65.5 Å². The van der Waals surface area contributed by atoms with Gasteiger partial charge in [-0.25, -0.2) is 35.8 Å². The van der Waals surface area contributed by atoms with E-state index in [1.165, 1.54) is 20.8 Å². The van der Waals surface area contributed by atoms with Crippen LogP contribution in [-0.4, -0.2) is 172 Å². The van der Waals surface area contributed by atoms with E-state index in [0.717, 1.165) is 54.6 Å². The lowest BCUT2D eigenvalue weighted by Gasteiger charge is -2.22. The molecule has 0 aromatic heterocycles. The molecule has 0 aliphatic heterocycles. The Morgan fingerprint density at radius 2 is 0.839 bits per heavy atom. The maximum absolute atomic E-state index is 14.9. The Morgan fingerprint density at radius 1 is 0.484 bits per heavy atom. The molecule has 510 valence electrons. The van der Waals surface area contributed by atoms with Crippen molar-refractivity contribution in [3.63, 3.8) is 0 Å². The third-order valence-electron chi connectivity index (χ3n) is 12.8. The van der Waals surface area contributed by atoms with Gasteiger partial charge in [-0.05, 0) is 76.4 Å². The molecular formula is C52H65N9O25S7. The van der Waals surface area contributed by atoms with Gasteiger partial charge >= 0.3 is 10.1 Å². The standard InChI is InChI=1S/C52H65N9O25S7/c1-29(2)47(63)53-18-7-21-56-50(66)38(26-87-85-83-69)59-90(74,75)33-12-10-32(11-13-33)82-93(80,81)44-24-41(62)34-14-15-35-43(92(78,79)61-40(28-89(71,72)73)52(68)58-23-9-20-55-49(65)31(5)6)25-42(36-16-17-37(44)45(34)46(35)36)91(76,77)60-39(27-88-86-84-70)51(67)57-22-8-19-54-48(64)30(3)4/h10-17,24-25,38-40,59-62,69-70H,1,3,5,7-9,18-23,26-28H2,2,4,6H3,(H,53,63)(H,54,64)(H,55,65)(H,56,66)(H,57,67)(H,58,68)(H,71,72,73). The van der Waals surface area contributed by atoms with Gasteiger partial charge in [0.05, 0.1) is 14.7 Å². The van der Waals surface area contributed by atoms with Crippen LogP contribution in [0.4, 0.5) is 0 Å². The summed E-state index contributed by atoms with van der Waals surface area (Å²) in [6.45, 7) is 14.4. The van der Waals surface area contributed by atoms with Crippen LogP contribution in [0, 0.1) is 0 Å². The van der Waals surface area contributed by atoms with Crippen molar-refractivity contribution in [2.75, 3.05) is 56.5 Å². The summed E-state index contributed by atoms with van der Waals surface area (Å²) in [5.41, 5.74) is 0.578. The van der Waals surface area contributed by atoms with Gasteiger partial charge in [0, 0.05) is 130 Å². The Bertz CT molecular complexity index is 4240. The van der Waals surface area contributed by atoms with Crippen LogP contribution >= 0.6 is 24.1 Å². The van der Waals surface area contributed by atoms with Crippen LogP contribution in [0.3, 0.4) is 0 Å². The number of aromatic hydroxyl groups is 1. The van der Waals surface area contributed by atoms with E-state index in [0.29, 0.717) is 18.1 Å². The van der Waals surface area contributed by atoms with E-state index in [1.54, 1.807) is 0 Å². The van der Waals surface area contributed by atoms with Gasteiger partial charge in [0.15, 0.2) is 0 Å². The number of hydrogen-bond acceptors (Lipinski definition) is 26. The molecule has 5 rings (SSSR count). The largest absolute Gasteiger partial charge is 0.507 e. The molecule has 6 amide bonds. The quantitative estimate of drug-likeness (QED) is 0.00374. The number of carbonyl (C=O) groups excluding carboxylic acids is 6. The number of phenolic OH excluding ortho intramolecular Hbond substituents is 1. The molecule has 0 radical (unpaired) electrons. The van der Waals surface area contributed by atoms with Crippen LogP contribution in [0.2, 0.25) is 0 Å². The van der Waals surface area contributed by atoms with Crippen LogP contribution in [0.1, 0.15) is 40.0 Å². The average molecular weight is 1440 g/mol. The van der Waals surface area contributed by atoms with E-state index in [1.807, 2.05) is 4.72 Å². The molecule has 5 aromatic carbocycles. The third-order valence-corrected chi connectivity index (χ3v) is 20.6. The molecular weight excluding hydrogens is 1380 g/mol. The molecule has 0 aliphatic rings. The van der Waals surface area contributed by atoms with Crippen molar-refractivity contribution in [2.24, 2.45) is 0 Å². The van der Waals surface area contributed by atoms with Gasteiger partial charge in [-0.1, -0.05) is 48.0 Å². The summed E-state index contributed by atoms with van der Waals surface area (Å²) < 4.78 is 171. The van der Waals surface area contributed by atoms with Gasteiger partial charge in [0.25, 0.3) is 10.1 Å². The normalized spacial score (nSPS) is 13.2. The molecule has 34 nitrogen and oxygen atoms in total. The zero-order valence-electron chi connectivity index (χ0n) is 49.3. The van der Waals surface area contributed by atoms with Crippen molar-refractivity contribution in [1.82, 2.24) is 46.1 Å². The van der Waals surface area contributed by atoms with Gasteiger partial charge in [-0.3, -0.25) is 33.3 Å². The molecule has 3 atom stereocenters. The first-order valence-electron chi connectivity index (χ1n) is 26.9. The van der Waals surface area contributed by atoms with Gasteiger partial charge in [0.1, 0.15) is 40.3 Å². The third kappa shape index (κ3) is 21.7. The molecule has 93 heavy (non-hydrogen) atoms. The molecule has 0 spiro atoms. The van der Waals surface area contributed by atoms with Crippen molar-refractivity contribution in [3.8, 4) is 11.5 Å². The molecule has 0 bridgehead atoms. The predicted octanol–water partition coefficient (Wildman–Crippen LogP) is 0.620. The van der Waals surface area contributed by atoms with Crippen LogP contribution in [0.25, 0.3) is 32.3 Å². The smallest absolute Gasteiger partial charge is 0.339 e. The van der Waals surface area contributed by atoms with Gasteiger partial charge < -0.3 is 41.2 Å². The van der Waals surface area contributed by atoms with Crippen LogP contribution in [-0.2, 0) is 97.8 Å². The van der Waals surface area contributed by atoms with Crippen molar-refractivity contribution < 1.29 is 114 Å². The highest BCUT2D eigenvalue weighted by atomic mass is 32.2. The van der Waals surface area contributed by atoms with E-state index in [9.17, 15) is 80.5 Å². The van der Waals surface area contributed by atoms with Crippen LogP contribution in [0.5, 0.6) is 11.5 Å². The summed E-state index contributed by atoms with van der Waals surface area (Å²) in [5.74, 6) is -8.93. The number of amides is 6. The molecule has 0 heterocycles. The molecule has 5 aromatic rings. The van der Waals surface area contributed by atoms with E-state index in [-0.39, 0.29) is 98.1 Å². The number of hydrogen-bond donors (Lipinski definition) is 13. The lowest BCUT2D eigenvalue weighted by Crippen LogP contribution is -2.50. The average Bonchev–Trinajstić information content (AvgIpc) is 0.706. The second-order valence-electron chi connectivity index (χ2n) is 20.0. The minimum Gasteiger partial charge on any atom is -0.507 e. The molecule has 41 heteroatoms. The highest BCUT2D eigenvalue weighted by molar-refractivity contribution is 7.95. The second-order valence-corrected chi connectivity index (χ2v) is 29.5. The van der Waals surface area contributed by atoms with Crippen molar-refractivity contribution in [3.05, 3.63) is 97.1 Å². The molecule has 0 aliphatic carbocycles. The van der Waals surface area contributed by atoms with Crippen LogP contribution < -0.4 is 50.3 Å². The van der Waals surface area contributed by atoms with Crippen molar-refractivity contribution in [2.45, 2.75) is 77.7 Å². The number of nitrogens with one attached hydrogen (secondary N) is 9. The monoisotopic (exact) mass is 1440 g/mol. The van der Waals surface area contributed by atoms with Gasteiger partial charge in [-0.15, -0.1) is 8.67 Å². The Balaban J connectivity index is 1.61. The molecule has 0 saturated carbocycles. The first kappa shape index (κ1) is 76.5. The minimum absolute atomic E-state index is 0.00131. The number of benzene rings is 5. The van der Waals surface area contributed by atoms with E-state index < -0.39 is 174 Å². The summed E-state index contributed by atoms with van der Waals surface area (Å²) in [6.07, 6.45) is 0.308. The first-order chi connectivity index (χ1) is 43.5. The zero-order valence-corrected chi connectivity index (χ0v) is 55.0. The number of phenols is 1. The Labute approximate surface area is 541 Å². The number of carbonyl (C=O) groups is 6. The maximum Gasteiger partial charge on any atom is 0.339 e. The second kappa shape index (κ2) is 33.8. The summed E-state index contributed by atoms with van der Waals surface area (Å²) in [6, 6.07) is 3.16.